The smallest absolute Gasteiger partial charge is 0.321 e. The highest BCUT2D eigenvalue weighted by atomic mass is 16.3. The van der Waals surface area contributed by atoms with Gasteiger partial charge in [-0.15, -0.1) is 0 Å². The highest BCUT2D eigenvalue weighted by Crippen LogP contribution is 2.16. The first-order valence-electron chi connectivity index (χ1n) is 6.29. The van der Waals surface area contributed by atoms with Crippen LogP contribution in [0.5, 0.6) is 0 Å². The number of carbonyl (C=O) groups is 1. The number of amides is 2. The third-order valence-corrected chi connectivity index (χ3v) is 2.63. The van der Waals surface area contributed by atoms with Gasteiger partial charge in [0.25, 0.3) is 0 Å². The zero-order valence-electron chi connectivity index (χ0n) is 12.0. The second-order valence-electron chi connectivity index (χ2n) is 5.51. The number of likely N-dealkylation sites (N-methyl/N-ethyl adjacent to an activating group) is 1. The molecule has 0 aliphatic carbocycles. The number of hydrogen-bond acceptors (Lipinski definition) is 3. The van der Waals surface area contributed by atoms with E-state index in [-0.39, 0.29) is 18.6 Å². The van der Waals surface area contributed by atoms with Gasteiger partial charge in [-0.3, -0.25) is 0 Å². The van der Waals surface area contributed by atoms with E-state index < -0.39 is 5.60 Å². The van der Waals surface area contributed by atoms with Crippen LogP contribution < -0.4 is 11.1 Å². The van der Waals surface area contributed by atoms with Gasteiger partial charge < -0.3 is 21.1 Å². The van der Waals surface area contributed by atoms with E-state index in [1.54, 1.807) is 20.9 Å². The van der Waals surface area contributed by atoms with Crippen molar-refractivity contribution >= 4 is 11.7 Å². The molecule has 1 unspecified atom stereocenters. The average molecular weight is 265 g/mol. The molecule has 0 spiro atoms. The van der Waals surface area contributed by atoms with Crippen molar-refractivity contribution in [3.63, 3.8) is 0 Å². The lowest BCUT2D eigenvalue weighted by Crippen LogP contribution is -2.41. The lowest BCUT2D eigenvalue weighted by molar-refractivity contribution is 0.0550. The molecule has 0 saturated carbocycles. The van der Waals surface area contributed by atoms with E-state index in [2.05, 4.69) is 5.32 Å². The number of nitrogens with zero attached hydrogens (tertiary/aromatic N) is 1. The van der Waals surface area contributed by atoms with Crippen molar-refractivity contribution in [2.45, 2.75) is 32.4 Å². The van der Waals surface area contributed by atoms with E-state index in [4.69, 9.17) is 5.73 Å². The van der Waals surface area contributed by atoms with Gasteiger partial charge in [0.2, 0.25) is 0 Å². The molecule has 2 amide bonds. The van der Waals surface area contributed by atoms with E-state index in [9.17, 15) is 9.90 Å². The van der Waals surface area contributed by atoms with Crippen LogP contribution in [0.2, 0.25) is 0 Å². The molecule has 0 bridgehead atoms. The summed E-state index contributed by atoms with van der Waals surface area (Å²) < 4.78 is 0. The van der Waals surface area contributed by atoms with Gasteiger partial charge in [0, 0.05) is 18.8 Å². The van der Waals surface area contributed by atoms with Gasteiger partial charge in [0.1, 0.15) is 0 Å². The van der Waals surface area contributed by atoms with Gasteiger partial charge >= 0.3 is 6.03 Å². The van der Waals surface area contributed by atoms with E-state index >= 15 is 0 Å². The Hall–Kier alpha value is -1.59. The number of carbonyl (C=O) groups excluding carboxylic acids is 1. The average Bonchev–Trinajstić information content (AvgIpc) is 2.27. The summed E-state index contributed by atoms with van der Waals surface area (Å²) >= 11 is 0. The molecule has 0 aliphatic rings. The summed E-state index contributed by atoms with van der Waals surface area (Å²) in [6, 6.07) is 7.09. The van der Waals surface area contributed by atoms with Crippen LogP contribution in [-0.4, -0.2) is 35.2 Å². The van der Waals surface area contributed by atoms with Crippen LogP contribution in [0, 0.1) is 0 Å². The Morgan fingerprint density at radius 3 is 2.68 bits per heavy atom. The van der Waals surface area contributed by atoms with Crippen molar-refractivity contribution in [3.05, 3.63) is 29.8 Å². The summed E-state index contributed by atoms with van der Waals surface area (Å²) in [5.41, 5.74) is 6.54. The number of aliphatic hydroxyl groups is 1. The first-order valence-corrected chi connectivity index (χ1v) is 6.29. The predicted molar refractivity (Wildman–Crippen MR) is 77.0 cm³/mol. The Kier molecular flexibility index (Phi) is 4.91. The third-order valence-electron chi connectivity index (χ3n) is 2.63. The molecule has 1 aromatic carbocycles. The number of hydrogen-bond donors (Lipinski definition) is 3. The van der Waals surface area contributed by atoms with E-state index in [0.717, 1.165) is 5.56 Å². The maximum Gasteiger partial charge on any atom is 0.321 e. The number of rotatable bonds is 4. The maximum absolute atomic E-state index is 11.9. The van der Waals surface area contributed by atoms with Crippen molar-refractivity contribution in [3.8, 4) is 0 Å². The summed E-state index contributed by atoms with van der Waals surface area (Å²) in [6.07, 6.45) is 0. The Balaban J connectivity index is 2.69. The molecule has 0 saturated heterocycles. The Morgan fingerprint density at radius 1 is 1.53 bits per heavy atom. The third kappa shape index (κ3) is 5.28. The van der Waals surface area contributed by atoms with Crippen LogP contribution in [0.1, 0.15) is 32.4 Å². The predicted octanol–water partition coefficient (Wildman–Crippen LogP) is 1.94. The Labute approximate surface area is 114 Å². The number of urea groups is 1. The van der Waals surface area contributed by atoms with Crippen LogP contribution in [0.4, 0.5) is 10.5 Å². The van der Waals surface area contributed by atoms with Gasteiger partial charge in [-0.2, -0.15) is 0 Å². The van der Waals surface area contributed by atoms with Crippen LogP contribution in [0.3, 0.4) is 0 Å². The molecular weight excluding hydrogens is 242 g/mol. The quantitative estimate of drug-likeness (QED) is 0.778. The largest absolute Gasteiger partial charge is 0.389 e. The van der Waals surface area contributed by atoms with Crippen LogP contribution in [0.25, 0.3) is 0 Å². The first-order chi connectivity index (χ1) is 8.69. The fourth-order valence-corrected chi connectivity index (χ4v) is 1.77. The molecule has 0 fully saturated rings. The molecule has 1 rings (SSSR count). The minimum Gasteiger partial charge on any atom is -0.389 e. The number of anilines is 1. The molecule has 0 heterocycles. The minimum absolute atomic E-state index is 0.0778. The number of nitrogens with one attached hydrogen (secondary N) is 1. The van der Waals surface area contributed by atoms with Crippen molar-refractivity contribution in [2.75, 3.05) is 18.9 Å². The second-order valence-corrected chi connectivity index (χ2v) is 5.51. The molecular formula is C14H23N3O2. The Morgan fingerprint density at radius 2 is 2.16 bits per heavy atom. The van der Waals surface area contributed by atoms with Crippen LogP contribution >= 0.6 is 0 Å². The molecule has 0 aliphatic heterocycles. The highest BCUT2D eigenvalue weighted by Gasteiger charge is 2.19. The standard InChI is InChI=1S/C14H23N3O2/c1-10(15)11-6-5-7-12(8-11)16-13(18)17(4)9-14(2,3)19/h5-8,10,19H,9,15H2,1-4H3,(H,16,18). The van der Waals surface area contributed by atoms with Gasteiger partial charge in [0.05, 0.1) is 12.1 Å². The van der Waals surface area contributed by atoms with Crippen molar-refractivity contribution in [1.82, 2.24) is 4.90 Å². The summed E-state index contributed by atoms with van der Waals surface area (Å²) in [5.74, 6) is 0. The van der Waals surface area contributed by atoms with Gasteiger partial charge in [-0.1, -0.05) is 12.1 Å². The zero-order chi connectivity index (χ0) is 14.6. The number of benzene rings is 1. The summed E-state index contributed by atoms with van der Waals surface area (Å²) in [4.78, 5) is 13.4. The normalized spacial score (nSPS) is 12.9. The first kappa shape index (κ1) is 15.5. The van der Waals surface area contributed by atoms with Crippen molar-refractivity contribution in [1.29, 1.82) is 0 Å². The highest BCUT2D eigenvalue weighted by molar-refractivity contribution is 5.89. The lowest BCUT2D eigenvalue weighted by Gasteiger charge is -2.25. The van der Waals surface area contributed by atoms with Gasteiger partial charge in [-0.25, -0.2) is 4.79 Å². The molecule has 5 heteroatoms. The molecule has 19 heavy (non-hydrogen) atoms. The van der Waals surface area contributed by atoms with E-state index in [1.165, 1.54) is 4.90 Å². The van der Waals surface area contributed by atoms with Crippen LogP contribution in [0.15, 0.2) is 24.3 Å². The Bertz CT molecular complexity index is 439. The van der Waals surface area contributed by atoms with E-state index in [0.29, 0.717) is 5.69 Å². The molecule has 5 nitrogen and oxygen atoms in total. The molecule has 4 N–H and O–H groups in total. The zero-order valence-corrected chi connectivity index (χ0v) is 12.0. The summed E-state index contributed by atoms with van der Waals surface area (Å²) in [7, 11) is 1.64. The fraction of sp³-hybridized carbons (Fsp3) is 0.500. The van der Waals surface area contributed by atoms with Gasteiger partial charge in [0.15, 0.2) is 0 Å². The molecule has 0 aromatic heterocycles. The summed E-state index contributed by atoms with van der Waals surface area (Å²) in [5, 5.41) is 12.5. The monoisotopic (exact) mass is 265 g/mol. The SMILES string of the molecule is CC(N)c1cccc(NC(=O)N(C)CC(C)(C)O)c1. The molecule has 106 valence electrons. The minimum atomic E-state index is -0.917. The summed E-state index contributed by atoms with van der Waals surface area (Å²) in [6.45, 7) is 5.47. The molecule has 1 atom stereocenters. The van der Waals surface area contributed by atoms with Crippen molar-refractivity contribution in [2.24, 2.45) is 5.73 Å². The topological polar surface area (TPSA) is 78.6 Å². The second kappa shape index (κ2) is 6.04. The van der Waals surface area contributed by atoms with Crippen molar-refractivity contribution < 1.29 is 9.90 Å². The number of nitrogens with two attached hydrogens (primary N) is 1. The van der Waals surface area contributed by atoms with Crippen LogP contribution in [-0.2, 0) is 0 Å². The maximum atomic E-state index is 11.9. The molecule has 1 aromatic rings. The molecule has 0 radical (unpaired) electrons. The fourth-order valence-electron chi connectivity index (χ4n) is 1.77. The van der Waals surface area contributed by atoms with Gasteiger partial charge in [-0.05, 0) is 38.5 Å². The lowest BCUT2D eigenvalue weighted by atomic mass is 10.1. The van der Waals surface area contributed by atoms with E-state index in [1.807, 2.05) is 31.2 Å².